The lowest BCUT2D eigenvalue weighted by Gasteiger charge is -2.10. The summed E-state index contributed by atoms with van der Waals surface area (Å²) in [4.78, 5) is 37.7. The van der Waals surface area contributed by atoms with E-state index in [1.165, 1.54) is 6.07 Å². The number of ether oxygens (including phenoxy) is 1. The van der Waals surface area contributed by atoms with Gasteiger partial charge in [-0.05, 0) is 43.9 Å². The lowest BCUT2D eigenvalue weighted by atomic mass is 10.1. The van der Waals surface area contributed by atoms with E-state index in [-0.39, 0.29) is 40.4 Å². The number of fused-ring (bicyclic) bond motifs is 5. The highest BCUT2D eigenvalue weighted by molar-refractivity contribution is 6.29. The van der Waals surface area contributed by atoms with Crippen molar-refractivity contribution in [3.05, 3.63) is 47.1 Å². The van der Waals surface area contributed by atoms with E-state index in [1.54, 1.807) is 18.2 Å². The van der Waals surface area contributed by atoms with Gasteiger partial charge in [0.25, 0.3) is 11.8 Å². The van der Waals surface area contributed by atoms with Crippen LogP contribution in [0, 0.1) is 5.92 Å². The van der Waals surface area contributed by atoms with Crippen molar-refractivity contribution in [1.29, 1.82) is 0 Å². The number of carbonyl (C=O) groups excluding carboxylic acids is 2. The molecular weight excluding hydrogens is 472 g/mol. The number of nitrogens with one attached hydrogen (secondary N) is 3. The van der Waals surface area contributed by atoms with Crippen LogP contribution in [0.2, 0.25) is 5.15 Å². The molecule has 0 radical (unpaired) electrons. The second-order valence-corrected chi connectivity index (χ2v) is 9.21. The highest BCUT2D eigenvalue weighted by Crippen LogP contribution is 2.38. The largest absolute Gasteiger partial charge is 0.449 e. The lowest BCUT2D eigenvalue weighted by molar-refractivity contribution is 0.0918. The number of aromatic nitrogens is 3. The molecule has 0 bridgehead atoms. The summed E-state index contributed by atoms with van der Waals surface area (Å²) in [7, 11) is 0. The van der Waals surface area contributed by atoms with Crippen molar-refractivity contribution in [2.75, 3.05) is 18.4 Å². The van der Waals surface area contributed by atoms with E-state index in [1.807, 2.05) is 13.0 Å². The van der Waals surface area contributed by atoms with E-state index in [4.69, 9.17) is 20.8 Å². The van der Waals surface area contributed by atoms with Gasteiger partial charge in [-0.25, -0.2) is 9.97 Å². The molecular formula is C24H21ClN6O4. The molecule has 1 atom stereocenters. The van der Waals surface area contributed by atoms with Gasteiger partial charge in [0.2, 0.25) is 23.3 Å². The quantitative estimate of drug-likeness (QED) is 0.357. The van der Waals surface area contributed by atoms with Crippen LogP contribution in [0.4, 0.5) is 5.69 Å². The molecule has 1 aromatic carbocycles. The first-order valence-electron chi connectivity index (χ1n) is 11.4. The fraction of sp³-hybridized carbons (Fsp3) is 0.292. The third-order valence-electron chi connectivity index (χ3n) is 6.00. The number of amides is 2. The van der Waals surface area contributed by atoms with Crippen molar-refractivity contribution in [2.45, 2.75) is 25.8 Å². The van der Waals surface area contributed by atoms with Gasteiger partial charge in [-0.3, -0.25) is 9.59 Å². The molecule has 178 valence electrons. The van der Waals surface area contributed by atoms with Gasteiger partial charge in [0.15, 0.2) is 0 Å². The topological polar surface area (TPSA) is 131 Å². The average molecular weight is 493 g/mol. The molecule has 2 aliphatic rings. The Morgan fingerprint density at radius 3 is 2.89 bits per heavy atom. The molecule has 0 saturated heterocycles. The Morgan fingerprint density at radius 1 is 1.20 bits per heavy atom. The van der Waals surface area contributed by atoms with Crippen LogP contribution in [0.3, 0.4) is 0 Å². The summed E-state index contributed by atoms with van der Waals surface area (Å²) < 4.78 is 11.7. The first-order chi connectivity index (χ1) is 16.9. The minimum absolute atomic E-state index is 0.0337. The SMILES string of the molecule is C[C@@H]1CNc2c(oc3ccc4nc(Oc5cc(Cl)nc(C(=O)NCC6CC6)n5)ccc4c23)C(=O)N1. The summed E-state index contributed by atoms with van der Waals surface area (Å²) in [5.74, 6) is 0.441. The van der Waals surface area contributed by atoms with Crippen LogP contribution >= 0.6 is 11.6 Å². The normalized spacial score (nSPS) is 17.4. The Balaban J connectivity index is 1.31. The zero-order chi connectivity index (χ0) is 24.1. The predicted molar refractivity (Wildman–Crippen MR) is 129 cm³/mol. The Morgan fingerprint density at radius 2 is 2.06 bits per heavy atom. The number of carbonyl (C=O) groups is 2. The van der Waals surface area contributed by atoms with Crippen molar-refractivity contribution in [2.24, 2.45) is 5.92 Å². The molecule has 1 aliphatic heterocycles. The van der Waals surface area contributed by atoms with Crippen molar-refractivity contribution < 1.29 is 18.7 Å². The van der Waals surface area contributed by atoms with E-state index in [0.717, 1.165) is 23.6 Å². The Bertz CT molecular complexity index is 1500. The summed E-state index contributed by atoms with van der Waals surface area (Å²) in [5.41, 5.74) is 1.87. The Labute approximate surface area is 204 Å². The third kappa shape index (κ3) is 4.21. The monoisotopic (exact) mass is 492 g/mol. The molecule has 0 spiro atoms. The number of hydrogen-bond acceptors (Lipinski definition) is 8. The second kappa shape index (κ2) is 8.38. The van der Waals surface area contributed by atoms with E-state index >= 15 is 0 Å². The van der Waals surface area contributed by atoms with Crippen LogP contribution in [-0.4, -0.2) is 45.9 Å². The maximum atomic E-state index is 12.5. The molecule has 3 aromatic heterocycles. The molecule has 35 heavy (non-hydrogen) atoms. The molecule has 2 amide bonds. The maximum absolute atomic E-state index is 12.5. The molecule has 6 rings (SSSR count). The summed E-state index contributed by atoms with van der Waals surface area (Å²) in [6, 6.07) is 8.48. The molecule has 4 aromatic rings. The lowest BCUT2D eigenvalue weighted by Crippen LogP contribution is -2.34. The van der Waals surface area contributed by atoms with Gasteiger partial charge in [0, 0.05) is 36.7 Å². The molecule has 1 saturated carbocycles. The summed E-state index contributed by atoms with van der Waals surface area (Å²) in [6.07, 6.45) is 2.24. The maximum Gasteiger partial charge on any atom is 0.289 e. The van der Waals surface area contributed by atoms with Crippen LogP contribution in [0.1, 0.15) is 40.9 Å². The fourth-order valence-electron chi connectivity index (χ4n) is 4.06. The molecule has 0 unspecified atom stereocenters. The van der Waals surface area contributed by atoms with Crippen LogP contribution in [0.25, 0.3) is 21.9 Å². The first kappa shape index (κ1) is 21.6. The van der Waals surface area contributed by atoms with Crippen LogP contribution in [0.15, 0.2) is 34.7 Å². The first-order valence-corrected chi connectivity index (χ1v) is 11.7. The zero-order valence-corrected chi connectivity index (χ0v) is 19.5. The van der Waals surface area contributed by atoms with Gasteiger partial charge < -0.3 is 25.1 Å². The number of hydrogen-bond donors (Lipinski definition) is 3. The number of furan rings is 1. The van der Waals surface area contributed by atoms with E-state index < -0.39 is 5.91 Å². The molecule has 1 aliphatic carbocycles. The van der Waals surface area contributed by atoms with Gasteiger partial charge in [-0.15, -0.1) is 0 Å². The predicted octanol–water partition coefficient (Wildman–Crippen LogP) is 3.90. The summed E-state index contributed by atoms with van der Waals surface area (Å²) in [6.45, 7) is 3.09. The fourth-order valence-corrected chi connectivity index (χ4v) is 4.23. The van der Waals surface area contributed by atoms with E-state index in [0.29, 0.717) is 35.8 Å². The van der Waals surface area contributed by atoms with Crippen LogP contribution in [-0.2, 0) is 0 Å². The Kier molecular flexibility index (Phi) is 5.18. The van der Waals surface area contributed by atoms with E-state index in [2.05, 4.69) is 30.9 Å². The van der Waals surface area contributed by atoms with Crippen LogP contribution < -0.4 is 20.7 Å². The number of rotatable bonds is 5. The third-order valence-corrected chi connectivity index (χ3v) is 6.19. The minimum Gasteiger partial charge on any atom is -0.449 e. The Hall–Kier alpha value is -3.92. The van der Waals surface area contributed by atoms with Crippen molar-refractivity contribution in [3.63, 3.8) is 0 Å². The smallest absolute Gasteiger partial charge is 0.289 e. The van der Waals surface area contributed by atoms with E-state index in [9.17, 15) is 9.59 Å². The summed E-state index contributed by atoms with van der Waals surface area (Å²) in [5, 5.41) is 10.7. The number of anilines is 1. The number of pyridine rings is 1. The second-order valence-electron chi connectivity index (χ2n) is 8.82. The highest BCUT2D eigenvalue weighted by atomic mass is 35.5. The zero-order valence-electron chi connectivity index (χ0n) is 18.7. The standard InChI is InChI=1S/C24H21ClN6O4/c1-11-9-26-20-19-13-4-7-17(29-14(13)5-6-15(19)34-21(20)23(32)28-11)35-18-8-16(25)30-22(31-18)24(33)27-10-12-2-3-12/h4-8,11-12,26H,2-3,9-10H2,1H3,(H,27,33)(H,28,32)/t11-/m1/s1. The minimum atomic E-state index is -0.399. The number of benzene rings is 1. The number of halogens is 1. The summed E-state index contributed by atoms with van der Waals surface area (Å²) >= 11 is 6.10. The van der Waals surface area contributed by atoms with Gasteiger partial charge in [-0.1, -0.05) is 11.6 Å². The van der Waals surface area contributed by atoms with Gasteiger partial charge >= 0.3 is 0 Å². The molecule has 3 N–H and O–H groups in total. The van der Waals surface area contributed by atoms with Gasteiger partial charge in [-0.2, -0.15) is 4.98 Å². The van der Waals surface area contributed by atoms with Crippen LogP contribution in [0.5, 0.6) is 11.8 Å². The molecule has 10 nitrogen and oxygen atoms in total. The van der Waals surface area contributed by atoms with Crippen molar-refractivity contribution >= 4 is 51.0 Å². The van der Waals surface area contributed by atoms with Crippen molar-refractivity contribution in [1.82, 2.24) is 25.6 Å². The highest BCUT2D eigenvalue weighted by Gasteiger charge is 2.27. The molecule has 11 heteroatoms. The van der Waals surface area contributed by atoms with Crippen molar-refractivity contribution in [3.8, 4) is 11.8 Å². The van der Waals surface area contributed by atoms with Gasteiger partial charge in [0.1, 0.15) is 10.7 Å². The van der Waals surface area contributed by atoms with Gasteiger partial charge in [0.05, 0.1) is 16.6 Å². The molecule has 1 fully saturated rings. The molecule has 4 heterocycles. The average Bonchev–Trinajstić information content (AvgIpc) is 3.60. The number of nitrogens with zero attached hydrogens (tertiary/aromatic N) is 3.